The Labute approximate surface area is 157 Å². The first-order chi connectivity index (χ1) is 11.4. The number of nitrogens with one attached hydrogen (secondary N) is 1. The number of fused-ring (bicyclic) bond motifs is 1. The Morgan fingerprint density at radius 2 is 2.12 bits per heavy atom. The van der Waals surface area contributed by atoms with E-state index < -0.39 is 0 Å². The highest BCUT2D eigenvalue weighted by Gasteiger charge is 2.22. The van der Waals surface area contributed by atoms with Gasteiger partial charge in [0.1, 0.15) is 0 Å². The molecule has 2 aromatic rings. The number of aryl methyl sites for hydroxylation is 3. The lowest BCUT2D eigenvalue weighted by atomic mass is 10.0. The van der Waals surface area contributed by atoms with Crippen LogP contribution in [0.1, 0.15) is 39.3 Å². The number of hydrogen-bond acceptors (Lipinski definition) is 5. The number of benzene rings is 1. The summed E-state index contributed by atoms with van der Waals surface area (Å²) in [6, 6.07) is 4.15. The molecule has 1 N–H and O–H groups in total. The van der Waals surface area contributed by atoms with Gasteiger partial charge in [0, 0.05) is 15.8 Å². The summed E-state index contributed by atoms with van der Waals surface area (Å²) in [4.78, 5) is 30.2. The average Bonchev–Trinajstić information content (AvgIpc) is 2.93. The van der Waals surface area contributed by atoms with Crippen LogP contribution in [0.5, 0.6) is 0 Å². The van der Waals surface area contributed by atoms with Gasteiger partial charge in [0.05, 0.1) is 16.3 Å². The molecular weight excluding hydrogens is 408 g/mol. The minimum Gasteiger partial charge on any atom is -0.301 e. The summed E-state index contributed by atoms with van der Waals surface area (Å²) in [5.74, 6) is 0.364. The molecule has 24 heavy (non-hydrogen) atoms. The van der Waals surface area contributed by atoms with Gasteiger partial charge in [0.15, 0.2) is 10.9 Å². The van der Waals surface area contributed by atoms with Crippen molar-refractivity contribution < 1.29 is 9.59 Å². The second kappa shape index (κ2) is 7.37. The van der Waals surface area contributed by atoms with Gasteiger partial charge in [-0.15, -0.1) is 11.8 Å². The maximum absolute atomic E-state index is 12.2. The van der Waals surface area contributed by atoms with Crippen molar-refractivity contribution in [3.8, 4) is 0 Å². The molecule has 1 aliphatic carbocycles. The number of aromatic nitrogens is 1. The number of thiazole rings is 1. The third kappa shape index (κ3) is 3.90. The molecule has 126 valence electrons. The monoisotopic (exact) mass is 424 g/mol. The summed E-state index contributed by atoms with van der Waals surface area (Å²) in [5, 5.41) is 3.35. The molecule has 0 bridgehead atoms. The number of amides is 1. The molecule has 7 heteroatoms. The van der Waals surface area contributed by atoms with Gasteiger partial charge < -0.3 is 5.32 Å². The molecule has 1 amide bonds. The van der Waals surface area contributed by atoms with Gasteiger partial charge in [-0.25, -0.2) is 4.98 Å². The lowest BCUT2D eigenvalue weighted by Gasteiger charge is -2.08. The average molecular weight is 425 g/mol. The molecule has 0 spiro atoms. The van der Waals surface area contributed by atoms with Gasteiger partial charge in [-0.2, -0.15) is 0 Å². The highest BCUT2D eigenvalue weighted by Crippen LogP contribution is 2.31. The molecule has 0 saturated heterocycles. The topological polar surface area (TPSA) is 59.1 Å². The number of thioether (sulfide) groups is 1. The third-order valence-corrected chi connectivity index (χ3v) is 6.90. The Morgan fingerprint density at radius 1 is 1.33 bits per heavy atom. The van der Waals surface area contributed by atoms with E-state index in [-0.39, 0.29) is 11.7 Å². The van der Waals surface area contributed by atoms with Crippen LogP contribution in [-0.4, -0.2) is 22.4 Å². The van der Waals surface area contributed by atoms with Crippen LogP contribution in [0, 0.1) is 13.8 Å². The summed E-state index contributed by atoms with van der Waals surface area (Å²) in [6.07, 6.45) is 2.25. The summed E-state index contributed by atoms with van der Waals surface area (Å²) in [5.41, 5.74) is 3.12. The zero-order chi connectivity index (χ0) is 17.3. The predicted octanol–water partition coefficient (Wildman–Crippen LogP) is 4.77. The van der Waals surface area contributed by atoms with E-state index in [2.05, 4.69) is 38.4 Å². The quantitative estimate of drug-likeness (QED) is 0.717. The largest absolute Gasteiger partial charge is 0.301 e. The predicted molar refractivity (Wildman–Crippen MR) is 102 cm³/mol. The van der Waals surface area contributed by atoms with Crippen LogP contribution in [-0.2, 0) is 11.2 Å². The fourth-order valence-corrected chi connectivity index (χ4v) is 4.89. The normalized spacial score (nSPS) is 13.7. The Morgan fingerprint density at radius 3 is 2.88 bits per heavy atom. The molecule has 0 atom stereocenters. The molecule has 3 rings (SSSR count). The van der Waals surface area contributed by atoms with Crippen LogP contribution in [0.25, 0.3) is 0 Å². The maximum atomic E-state index is 12.2. The van der Waals surface area contributed by atoms with E-state index in [4.69, 9.17) is 0 Å². The summed E-state index contributed by atoms with van der Waals surface area (Å²) < 4.78 is 1.08. The number of hydrogen-bond donors (Lipinski definition) is 1. The Balaban J connectivity index is 1.62. The third-order valence-electron chi connectivity index (χ3n) is 3.83. The summed E-state index contributed by atoms with van der Waals surface area (Å²) in [6.45, 7) is 4.07. The van der Waals surface area contributed by atoms with Crippen molar-refractivity contribution in [2.75, 3.05) is 11.1 Å². The van der Waals surface area contributed by atoms with Crippen molar-refractivity contribution in [3.05, 3.63) is 38.3 Å². The van der Waals surface area contributed by atoms with Crippen LogP contribution in [0.2, 0.25) is 0 Å². The second-order valence-electron chi connectivity index (χ2n) is 5.78. The first-order valence-electron chi connectivity index (χ1n) is 7.66. The highest BCUT2D eigenvalue weighted by atomic mass is 79.9. The summed E-state index contributed by atoms with van der Waals surface area (Å²) in [7, 11) is 0. The van der Waals surface area contributed by atoms with Crippen molar-refractivity contribution in [1.29, 1.82) is 0 Å². The van der Waals surface area contributed by atoms with Crippen LogP contribution >= 0.6 is 39.0 Å². The molecule has 0 unspecified atom stereocenters. The molecule has 4 nitrogen and oxygen atoms in total. The minimum absolute atomic E-state index is 0.0986. The number of rotatable bonds is 4. The van der Waals surface area contributed by atoms with E-state index in [1.54, 1.807) is 0 Å². The molecule has 0 radical (unpaired) electrons. The molecule has 0 fully saturated rings. The Bertz CT molecular complexity index is 817. The number of halogens is 1. The number of Topliss-reactive ketones (excluding diaryl/α,β-unsaturated/α-hetero) is 1. The second-order valence-corrected chi connectivity index (χ2v) is 8.65. The number of anilines is 1. The van der Waals surface area contributed by atoms with E-state index in [1.807, 2.05) is 13.8 Å². The fraction of sp³-hybridized carbons (Fsp3) is 0.353. The van der Waals surface area contributed by atoms with Gasteiger partial charge in [-0.3, -0.25) is 9.59 Å². The lowest BCUT2D eigenvalue weighted by Crippen LogP contribution is -2.14. The molecule has 1 heterocycles. The first kappa shape index (κ1) is 17.6. The van der Waals surface area contributed by atoms with Crippen molar-refractivity contribution in [1.82, 2.24) is 4.98 Å². The number of carbonyl (C=O) groups is 2. The summed E-state index contributed by atoms with van der Waals surface area (Å²) >= 11 is 6.32. The van der Waals surface area contributed by atoms with Crippen LogP contribution in [0.3, 0.4) is 0 Å². The molecule has 1 aliphatic rings. The number of nitrogens with zero attached hydrogens (tertiary/aromatic N) is 1. The number of ketones is 1. The molecule has 1 aromatic heterocycles. The molecule has 0 aliphatic heterocycles. The molecule has 0 saturated carbocycles. The van der Waals surface area contributed by atoms with E-state index in [0.29, 0.717) is 22.2 Å². The van der Waals surface area contributed by atoms with Gasteiger partial charge >= 0.3 is 0 Å². The van der Waals surface area contributed by atoms with Gasteiger partial charge in [-0.1, -0.05) is 27.3 Å². The molecular formula is C17H17BrN2O2S2. The standard InChI is InChI=1S/C17H17BrN2O2S2/c1-9-7-14(10(2)6-11(9)18)23-8-15(22)20-17-19-12-4-3-5-13(21)16(12)24-17/h6-7H,3-5,8H2,1-2H3,(H,19,20,22). The van der Waals surface area contributed by atoms with Crippen LogP contribution in [0.4, 0.5) is 5.13 Å². The maximum Gasteiger partial charge on any atom is 0.236 e. The Kier molecular flexibility index (Phi) is 5.42. The zero-order valence-corrected chi connectivity index (χ0v) is 16.7. The smallest absolute Gasteiger partial charge is 0.236 e. The molecule has 1 aromatic carbocycles. The van der Waals surface area contributed by atoms with Gasteiger partial charge in [0.2, 0.25) is 5.91 Å². The number of carbonyl (C=O) groups excluding carboxylic acids is 2. The van der Waals surface area contributed by atoms with Gasteiger partial charge in [0.25, 0.3) is 0 Å². The zero-order valence-electron chi connectivity index (χ0n) is 13.4. The van der Waals surface area contributed by atoms with Crippen LogP contribution in [0.15, 0.2) is 21.5 Å². The SMILES string of the molecule is Cc1cc(SCC(=O)Nc2nc3c(s2)C(=O)CCC3)c(C)cc1Br. The van der Waals surface area contributed by atoms with E-state index in [1.165, 1.54) is 23.1 Å². The van der Waals surface area contributed by atoms with Crippen molar-refractivity contribution in [3.63, 3.8) is 0 Å². The van der Waals surface area contributed by atoms with Crippen LogP contribution < -0.4 is 5.32 Å². The van der Waals surface area contributed by atoms with Crippen molar-refractivity contribution >= 4 is 55.9 Å². The first-order valence-corrected chi connectivity index (χ1v) is 10.3. The van der Waals surface area contributed by atoms with E-state index in [0.717, 1.165) is 39.0 Å². The lowest BCUT2D eigenvalue weighted by molar-refractivity contribution is -0.113. The van der Waals surface area contributed by atoms with Crippen molar-refractivity contribution in [2.24, 2.45) is 0 Å². The highest BCUT2D eigenvalue weighted by molar-refractivity contribution is 9.10. The Hall–Kier alpha value is -1.18. The van der Waals surface area contributed by atoms with Gasteiger partial charge in [-0.05, 0) is 49.9 Å². The fourth-order valence-electron chi connectivity index (χ4n) is 2.53. The van der Waals surface area contributed by atoms with E-state index >= 15 is 0 Å². The minimum atomic E-state index is -0.0986. The van der Waals surface area contributed by atoms with Crippen molar-refractivity contribution in [2.45, 2.75) is 38.0 Å². The van der Waals surface area contributed by atoms with E-state index in [9.17, 15) is 9.59 Å².